The van der Waals surface area contributed by atoms with E-state index in [2.05, 4.69) is 4.98 Å². The van der Waals surface area contributed by atoms with E-state index in [4.69, 9.17) is 10.5 Å². The van der Waals surface area contributed by atoms with Crippen LogP contribution >= 0.6 is 0 Å². The van der Waals surface area contributed by atoms with Crippen molar-refractivity contribution in [3.63, 3.8) is 0 Å². The molecule has 12 heavy (non-hydrogen) atoms. The monoisotopic (exact) mass is 169 g/mol. The highest BCUT2D eigenvalue weighted by Gasteiger charge is 2.02. The first kappa shape index (κ1) is 8.58. The average molecular weight is 169 g/mol. The molecule has 1 aromatic rings. The molecule has 66 valence electrons. The third kappa shape index (κ3) is 2.26. The number of nitrogens with zero attached hydrogens (tertiary/aromatic N) is 2. The molecule has 0 saturated carbocycles. The van der Waals surface area contributed by atoms with Gasteiger partial charge in [-0.05, 0) is 6.92 Å². The Morgan fingerprint density at radius 3 is 3.08 bits per heavy atom. The lowest BCUT2D eigenvalue weighted by Crippen LogP contribution is -2.11. The molecule has 0 atom stereocenters. The van der Waals surface area contributed by atoms with Crippen molar-refractivity contribution < 1.29 is 9.53 Å². The molecule has 1 rings (SSSR count). The average Bonchev–Trinajstić information content (AvgIpc) is 2.36. The van der Waals surface area contributed by atoms with Gasteiger partial charge >= 0.3 is 5.97 Å². The van der Waals surface area contributed by atoms with Gasteiger partial charge in [-0.15, -0.1) is 0 Å². The van der Waals surface area contributed by atoms with Crippen LogP contribution in [0.4, 0.5) is 5.82 Å². The quantitative estimate of drug-likeness (QED) is 0.648. The Morgan fingerprint density at radius 2 is 2.58 bits per heavy atom. The van der Waals surface area contributed by atoms with Gasteiger partial charge in [0, 0.05) is 6.20 Å². The van der Waals surface area contributed by atoms with Crippen molar-refractivity contribution in [2.24, 2.45) is 0 Å². The minimum absolute atomic E-state index is 0.165. The van der Waals surface area contributed by atoms with Gasteiger partial charge in [0.05, 0.1) is 12.9 Å². The highest BCUT2D eigenvalue weighted by molar-refractivity contribution is 5.69. The molecule has 0 radical (unpaired) electrons. The Kier molecular flexibility index (Phi) is 2.68. The number of carbonyl (C=O) groups is 1. The normalized spacial score (nSPS) is 9.75. The van der Waals surface area contributed by atoms with E-state index in [1.165, 1.54) is 6.33 Å². The van der Waals surface area contributed by atoms with Crippen molar-refractivity contribution in [3.8, 4) is 0 Å². The van der Waals surface area contributed by atoms with E-state index in [1.54, 1.807) is 17.7 Å². The summed E-state index contributed by atoms with van der Waals surface area (Å²) in [7, 11) is 0. The van der Waals surface area contributed by atoms with Crippen molar-refractivity contribution >= 4 is 11.8 Å². The molecule has 0 bridgehead atoms. The van der Waals surface area contributed by atoms with Crippen molar-refractivity contribution in [1.82, 2.24) is 9.55 Å². The number of hydrogen-bond acceptors (Lipinski definition) is 4. The number of imidazole rings is 1. The molecule has 0 aliphatic heterocycles. The fourth-order valence-corrected chi connectivity index (χ4v) is 0.820. The van der Waals surface area contributed by atoms with E-state index in [-0.39, 0.29) is 12.5 Å². The van der Waals surface area contributed by atoms with Crippen molar-refractivity contribution in [2.45, 2.75) is 13.5 Å². The molecule has 0 amide bonds. The number of nitrogens with two attached hydrogens (primary N) is 1. The molecule has 0 unspecified atom stereocenters. The van der Waals surface area contributed by atoms with Crippen molar-refractivity contribution in [2.75, 3.05) is 12.3 Å². The van der Waals surface area contributed by atoms with E-state index < -0.39 is 0 Å². The standard InChI is InChI=1S/C7H11N3O2/c1-2-12-7(11)4-10-3-6(8)9-5-10/h3,5H,2,4,8H2,1H3. The zero-order valence-corrected chi connectivity index (χ0v) is 6.86. The third-order valence-electron chi connectivity index (χ3n) is 1.27. The smallest absolute Gasteiger partial charge is 0.325 e. The van der Waals surface area contributed by atoms with Crippen LogP contribution in [0.5, 0.6) is 0 Å². The van der Waals surface area contributed by atoms with Crippen LogP contribution in [-0.4, -0.2) is 22.1 Å². The highest BCUT2D eigenvalue weighted by atomic mass is 16.5. The first-order valence-electron chi connectivity index (χ1n) is 3.65. The summed E-state index contributed by atoms with van der Waals surface area (Å²) in [5, 5.41) is 0. The summed E-state index contributed by atoms with van der Waals surface area (Å²) < 4.78 is 6.30. The number of rotatable bonds is 3. The van der Waals surface area contributed by atoms with E-state index in [0.717, 1.165) is 0 Å². The van der Waals surface area contributed by atoms with Gasteiger partial charge in [-0.25, -0.2) is 4.98 Å². The van der Waals surface area contributed by atoms with Gasteiger partial charge in [0.15, 0.2) is 0 Å². The molecule has 5 nitrogen and oxygen atoms in total. The maximum atomic E-state index is 10.9. The first-order chi connectivity index (χ1) is 5.72. The summed E-state index contributed by atoms with van der Waals surface area (Å²) in [6, 6.07) is 0. The lowest BCUT2D eigenvalue weighted by Gasteiger charge is -2.00. The fourth-order valence-electron chi connectivity index (χ4n) is 0.820. The fraction of sp³-hybridized carbons (Fsp3) is 0.429. The molecular weight excluding hydrogens is 158 g/mol. The summed E-state index contributed by atoms with van der Waals surface area (Å²) in [5.74, 6) is 0.120. The summed E-state index contributed by atoms with van der Waals surface area (Å²) >= 11 is 0. The van der Waals surface area contributed by atoms with E-state index in [9.17, 15) is 4.79 Å². The maximum absolute atomic E-state index is 10.9. The summed E-state index contributed by atoms with van der Waals surface area (Å²) in [4.78, 5) is 14.7. The zero-order chi connectivity index (χ0) is 8.97. The molecule has 0 aromatic carbocycles. The number of nitrogen functional groups attached to an aromatic ring is 1. The Labute approximate surface area is 70.1 Å². The molecule has 2 N–H and O–H groups in total. The van der Waals surface area contributed by atoms with Crippen LogP contribution in [0.25, 0.3) is 0 Å². The number of carbonyl (C=O) groups excluding carboxylic acids is 1. The minimum atomic E-state index is -0.282. The number of hydrogen-bond donors (Lipinski definition) is 1. The highest BCUT2D eigenvalue weighted by Crippen LogP contribution is 1.96. The molecule has 0 aliphatic rings. The lowest BCUT2D eigenvalue weighted by molar-refractivity contribution is -0.143. The lowest BCUT2D eigenvalue weighted by atomic mass is 10.6. The molecule has 1 heterocycles. The largest absolute Gasteiger partial charge is 0.465 e. The second kappa shape index (κ2) is 3.75. The molecular formula is C7H11N3O2. The SMILES string of the molecule is CCOC(=O)Cn1cnc(N)c1. The second-order valence-corrected chi connectivity index (χ2v) is 2.28. The third-order valence-corrected chi connectivity index (χ3v) is 1.27. The van der Waals surface area contributed by atoms with Crippen LogP contribution in [0.2, 0.25) is 0 Å². The second-order valence-electron chi connectivity index (χ2n) is 2.28. The van der Waals surface area contributed by atoms with Gasteiger partial charge in [0.25, 0.3) is 0 Å². The van der Waals surface area contributed by atoms with Crippen molar-refractivity contribution in [3.05, 3.63) is 12.5 Å². The van der Waals surface area contributed by atoms with Crippen LogP contribution in [0.1, 0.15) is 6.92 Å². The van der Waals surface area contributed by atoms with Gasteiger partial charge in [-0.2, -0.15) is 0 Å². The van der Waals surface area contributed by atoms with Gasteiger partial charge < -0.3 is 15.0 Å². The van der Waals surface area contributed by atoms with Crippen LogP contribution in [0.15, 0.2) is 12.5 Å². The predicted octanol–water partition coefficient (Wildman–Crippen LogP) is 0.0284. The zero-order valence-electron chi connectivity index (χ0n) is 6.86. The number of ether oxygens (including phenoxy) is 1. The van der Waals surface area contributed by atoms with Crippen molar-refractivity contribution in [1.29, 1.82) is 0 Å². The van der Waals surface area contributed by atoms with E-state index in [1.807, 2.05) is 0 Å². The molecule has 0 aliphatic carbocycles. The molecule has 0 fully saturated rings. The summed E-state index contributed by atoms with van der Waals surface area (Å²) in [6.45, 7) is 2.32. The minimum Gasteiger partial charge on any atom is -0.465 e. The van der Waals surface area contributed by atoms with Gasteiger partial charge in [0.1, 0.15) is 12.4 Å². The number of anilines is 1. The Bertz CT molecular complexity index is 269. The van der Waals surface area contributed by atoms with Crippen LogP contribution in [0.3, 0.4) is 0 Å². The predicted molar refractivity (Wildman–Crippen MR) is 43.3 cm³/mol. The van der Waals surface area contributed by atoms with Gasteiger partial charge in [-0.1, -0.05) is 0 Å². The van der Waals surface area contributed by atoms with Crippen LogP contribution in [0, 0.1) is 0 Å². The Hall–Kier alpha value is -1.52. The Morgan fingerprint density at radius 1 is 1.83 bits per heavy atom. The number of aromatic nitrogens is 2. The molecule has 5 heteroatoms. The Balaban J connectivity index is 2.46. The molecule has 1 aromatic heterocycles. The first-order valence-corrected chi connectivity index (χ1v) is 3.65. The van der Waals surface area contributed by atoms with E-state index in [0.29, 0.717) is 12.4 Å². The van der Waals surface area contributed by atoms with E-state index >= 15 is 0 Å². The summed E-state index contributed by atoms with van der Waals surface area (Å²) in [6.07, 6.45) is 3.07. The maximum Gasteiger partial charge on any atom is 0.325 e. The molecule has 0 saturated heterocycles. The van der Waals surface area contributed by atoms with Crippen LogP contribution in [-0.2, 0) is 16.1 Å². The molecule has 0 spiro atoms. The number of esters is 1. The van der Waals surface area contributed by atoms with Crippen LogP contribution < -0.4 is 5.73 Å². The van der Waals surface area contributed by atoms with Gasteiger partial charge in [0.2, 0.25) is 0 Å². The topological polar surface area (TPSA) is 70.1 Å². The van der Waals surface area contributed by atoms with Gasteiger partial charge in [-0.3, -0.25) is 4.79 Å². The summed E-state index contributed by atoms with van der Waals surface area (Å²) in [5.41, 5.74) is 5.34.